The molecule has 4 heteroatoms. The summed E-state index contributed by atoms with van der Waals surface area (Å²) in [5.74, 6) is 0.755. The molecule has 0 bridgehead atoms. The molecule has 0 radical (unpaired) electrons. The second-order valence-electron chi connectivity index (χ2n) is 3.64. The van der Waals surface area contributed by atoms with Crippen LogP contribution in [-0.4, -0.2) is 11.7 Å². The molecule has 0 aliphatic carbocycles. The highest BCUT2D eigenvalue weighted by Gasteiger charge is 2.03. The van der Waals surface area contributed by atoms with Crippen LogP contribution in [0.5, 0.6) is 5.75 Å². The fourth-order valence-corrected chi connectivity index (χ4v) is 2.64. The third-order valence-electron chi connectivity index (χ3n) is 2.42. The lowest BCUT2D eigenvalue weighted by Gasteiger charge is -2.10. The summed E-state index contributed by atoms with van der Waals surface area (Å²) < 4.78 is 6.63. The summed E-state index contributed by atoms with van der Waals surface area (Å²) in [5.41, 5.74) is 2.10. The first-order chi connectivity index (χ1) is 8.29. The first kappa shape index (κ1) is 12.6. The first-order valence-corrected chi connectivity index (χ1v) is 7.06. The van der Waals surface area contributed by atoms with Gasteiger partial charge >= 0.3 is 0 Å². The van der Waals surface area contributed by atoms with Gasteiger partial charge in [-0.15, -0.1) is 0 Å². The van der Waals surface area contributed by atoms with Crippen LogP contribution in [0.4, 0.5) is 0 Å². The largest absolute Gasteiger partial charge is 0.493 e. The summed E-state index contributed by atoms with van der Waals surface area (Å²) in [7, 11) is 0. The topological polar surface area (TPSA) is 29.5 Å². The van der Waals surface area contributed by atoms with Gasteiger partial charge in [0.05, 0.1) is 13.2 Å². The van der Waals surface area contributed by atoms with Gasteiger partial charge in [0.1, 0.15) is 5.75 Å². The average molecular weight is 313 g/mol. The molecule has 1 N–H and O–H groups in total. The van der Waals surface area contributed by atoms with E-state index in [0.29, 0.717) is 6.61 Å². The minimum Gasteiger partial charge on any atom is -0.493 e. The van der Waals surface area contributed by atoms with Crippen molar-refractivity contribution in [1.82, 2.24) is 0 Å². The third kappa shape index (κ3) is 3.56. The van der Waals surface area contributed by atoms with Crippen LogP contribution in [0.1, 0.15) is 11.1 Å². The van der Waals surface area contributed by atoms with Crippen molar-refractivity contribution in [2.45, 2.75) is 13.0 Å². The van der Waals surface area contributed by atoms with E-state index < -0.39 is 0 Å². The van der Waals surface area contributed by atoms with Crippen molar-refractivity contribution in [3.63, 3.8) is 0 Å². The molecule has 2 aromatic rings. The zero-order valence-electron chi connectivity index (χ0n) is 9.23. The number of hydrogen-bond acceptors (Lipinski definition) is 3. The Kier molecular flexibility index (Phi) is 4.59. The molecule has 1 heterocycles. The molecule has 0 aliphatic rings. The van der Waals surface area contributed by atoms with E-state index in [1.807, 2.05) is 18.2 Å². The van der Waals surface area contributed by atoms with Gasteiger partial charge in [0.25, 0.3) is 0 Å². The Morgan fingerprint density at radius 3 is 2.88 bits per heavy atom. The number of aliphatic hydroxyl groups excluding tert-OH is 1. The van der Waals surface area contributed by atoms with Gasteiger partial charge in [-0.05, 0) is 40.6 Å². The SMILES string of the molecule is OCc1cc(Br)ccc1OCCc1ccsc1. The minimum atomic E-state index is -0.00672. The quantitative estimate of drug-likeness (QED) is 0.913. The van der Waals surface area contributed by atoms with Crippen LogP contribution in [0.2, 0.25) is 0 Å². The normalized spacial score (nSPS) is 10.5. The van der Waals surface area contributed by atoms with E-state index in [1.54, 1.807) is 11.3 Å². The fraction of sp³-hybridized carbons (Fsp3) is 0.231. The van der Waals surface area contributed by atoms with Gasteiger partial charge in [0, 0.05) is 16.5 Å². The molecule has 90 valence electrons. The van der Waals surface area contributed by atoms with Crippen LogP contribution >= 0.6 is 27.3 Å². The molecule has 0 saturated heterocycles. The van der Waals surface area contributed by atoms with Crippen molar-refractivity contribution in [1.29, 1.82) is 0 Å². The van der Waals surface area contributed by atoms with Crippen LogP contribution in [0, 0.1) is 0 Å². The van der Waals surface area contributed by atoms with Crippen LogP contribution in [-0.2, 0) is 13.0 Å². The maximum absolute atomic E-state index is 9.23. The Morgan fingerprint density at radius 1 is 1.29 bits per heavy atom. The molecule has 0 saturated carbocycles. The Balaban J connectivity index is 1.94. The van der Waals surface area contributed by atoms with E-state index in [9.17, 15) is 5.11 Å². The lowest BCUT2D eigenvalue weighted by molar-refractivity contribution is 0.264. The van der Waals surface area contributed by atoms with E-state index in [-0.39, 0.29) is 6.61 Å². The Bertz CT molecular complexity index is 468. The van der Waals surface area contributed by atoms with Crippen molar-refractivity contribution in [2.24, 2.45) is 0 Å². The molecule has 17 heavy (non-hydrogen) atoms. The number of hydrogen-bond donors (Lipinski definition) is 1. The minimum absolute atomic E-state index is 0.00672. The fourth-order valence-electron chi connectivity index (χ4n) is 1.53. The standard InChI is InChI=1S/C13H13BrO2S/c14-12-1-2-13(11(7-12)8-15)16-5-3-10-4-6-17-9-10/h1-2,4,6-7,9,15H,3,5,8H2. The third-order valence-corrected chi connectivity index (χ3v) is 3.65. The number of thiophene rings is 1. The van der Waals surface area contributed by atoms with Gasteiger partial charge in [-0.2, -0.15) is 11.3 Å². The number of ether oxygens (including phenoxy) is 1. The molecular weight excluding hydrogens is 300 g/mol. The van der Waals surface area contributed by atoms with Crippen molar-refractivity contribution in [3.05, 3.63) is 50.6 Å². The second kappa shape index (κ2) is 6.19. The number of aliphatic hydroxyl groups is 1. The molecule has 0 amide bonds. The first-order valence-electron chi connectivity index (χ1n) is 5.33. The highest BCUT2D eigenvalue weighted by molar-refractivity contribution is 9.10. The molecule has 0 spiro atoms. The zero-order chi connectivity index (χ0) is 12.1. The number of benzene rings is 1. The molecule has 0 atom stereocenters. The van der Waals surface area contributed by atoms with Gasteiger partial charge in [0.15, 0.2) is 0 Å². The van der Waals surface area contributed by atoms with E-state index in [4.69, 9.17) is 4.74 Å². The summed E-state index contributed by atoms with van der Waals surface area (Å²) in [4.78, 5) is 0. The predicted octanol–water partition coefficient (Wildman–Crippen LogP) is 3.62. The monoisotopic (exact) mass is 312 g/mol. The maximum Gasteiger partial charge on any atom is 0.124 e. The smallest absolute Gasteiger partial charge is 0.124 e. The van der Waals surface area contributed by atoms with Crippen molar-refractivity contribution >= 4 is 27.3 Å². The summed E-state index contributed by atoms with van der Waals surface area (Å²) in [5, 5.41) is 13.4. The second-order valence-corrected chi connectivity index (χ2v) is 5.34. The van der Waals surface area contributed by atoms with Crippen LogP contribution in [0.15, 0.2) is 39.5 Å². The predicted molar refractivity (Wildman–Crippen MR) is 73.6 cm³/mol. The highest BCUT2D eigenvalue weighted by Crippen LogP contribution is 2.23. The number of halogens is 1. The van der Waals surface area contributed by atoms with Gasteiger partial charge < -0.3 is 9.84 Å². The summed E-state index contributed by atoms with van der Waals surface area (Å²) in [6.07, 6.45) is 0.893. The van der Waals surface area contributed by atoms with E-state index in [0.717, 1.165) is 22.2 Å². The summed E-state index contributed by atoms with van der Waals surface area (Å²) in [6, 6.07) is 7.77. The summed E-state index contributed by atoms with van der Waals surface area (Å²) >= 11 is 5.07. The van der Waals surface area contributed by atoms with Gasteiger partial charge in [-0.25, -0.2) is 0 Å². The lowest BCUT2D eigenvalue weighted by atomic mass is 10.2. The van der Waals surface area contributed by atoms with E-state index in [2.05, 4.69) is 32.8 Å². The molecule has 0 unspecified atom stereocenters. The van der Waals surface area contributed by atoms with Crippen LogP contribution in [0.25, 0.3) is 0 Å². The summed E-state index contributed by atoms with van der Waals surface area (Å²) in [6.45, 7) is 0.624. The molecule has 1 aromatic heterocycles. The Labute approximate surface area is 113 Å². The van der Waals surface area contributed by atoms with Crippen LogP contribution < -0.4 is 4.74 Å². The van der Waals surface area contributed by atoms with Gasteiger partial charge in [-0.3, -0.25) is 0 Å². The van der Waals surface area contributed by atoms with E-state index in [1.165, 1.54) is 5.56 Å². The highest BCUT2D eigenvalue weighted by atomic mass is 79.9. The van der Waals surface area contributed by atoms with Crippen molar-refractivity contribution in [2.75, 3.05) is 6.61 Å². The van der Waals surface area contributed by atoms with Gasteiger partial charge in [0.2, 0.25) is 0 Å². The molecule has 1 aromatic carbocycles. The van der Waals surface area contributed by atoms with E-state index >= 15 is 0 Å². The number of rotatable bonds is 5. The van der Waals surface area contributed by atoms with Crippen LogP contribution in [0.3, 0.4) is 0 Å². The zero-order valence-corrected chi connectivity index (χ0v) is 11.6. The molecular formula is C13H13BrO2S. The Morgan fingerprint density at radius 2 is 2.18 bits per heavy atom. The molecule has 2 rings (SSSR count). The Hall–Kier alpha value is -0.840. The van der Waals surface area contributed by atoms with Crippen molar-refractivity contribution in [3.8, 4) is 5.75 Å². The maximum atomic E-state index is 9.23. The molecule has 2 nitrogen and oxygen atoms in total. The van der Waals surface area contributed by atoms with Gasteiger partial charge in [-0.1, -0.05) is 15.9 Å². The average Bonchev–Trinajstić information content (AvgIpc) is 2.84. The molecule has 0 fully saturated rings. The molecule has 0 aliphatic heterocycles. The van der Waals surface area contributed by atoms with Crippen molar-refractivity contribution < 1.29 is 9.84 Å². The lowest BCUT2D eigenvalue weighted by Crippen LogP contribution is -2.02.